The fourth-order valence-electron chi connectivity index (χ4n) is 4.31. The molecule has 7 heteroatoms. The molecule has 1 aliphatic heterocycles. The Morgan fingerprint density at radius 3 is 2.67 bits per heavy atom. The molecule has 7 nitrogen and oxygen atoms in total. The van der Waals surface area contributed by atoms with Crippen LogP contribution in [-0.4, -0.2) is 66.3 Å². The zero-order chi connectivity index (χ0) is 22.6. The van der Waals surface area contributed by atoms with Gasteiger partial charge in [-0.3, -0.25) is 4.98 Å². The SMILES string of the molecule is CN1CCN(CCCNc2ccc3/c(=N/O)cc(-c4cc5ccccc5cn4)oc3c2)CC1. The van der Waals surface area contributed by atoms with Gasteiger partial charge in [-0.1, -0.05) is 29.4 Å². The van der Waals surface area contributed by atoms with Crippen LogP contribution in [0.5, 0.6) is 0 Å². The van der Waals surface area contributed by atoms with Gasteiger partial charge in [-0.25, -0.2) is 0 Å². The number of hydrogen-bond donors (Lipinski definition) is 2. The summed E-state index contributed by atoms with van der Waals surface area (Å²) in [5.74, 6) is 0.563. The van der Waals surface area contributed by atoms with E-state index in [4.69, 9.17) is 4.42 Å². The third-order valence-electron chi connectivity index (χ3n) is 6.31. The minimum absolute atomic E-state index is 0.461. The number of pyridine rings is 1. The van der Waals surface area contributed by atoms with E-state index in [1.54, 1.807) is 6.07 Å². The molecule has 0 radical (unpaired) electrons. The van der Waals surface area contributed by atoms with Gasteiger partial charge in [0.1, 0.15) is 16.6 Å². The maximum absolute atomic E-state index is 9.60. The van der Waals surface area contributed by atoms with Crippen molar-refractivity contribution < 1.29 is 9.62 Å². The molecular weight excluding hydrogens is 414 g/mol. The molecule has 1 aliphatic rings. The minimum Gasteiger partial charge on any atom is -0.454 e. The van der Waals surface area contributed by atoms with E-state index < -0.39 is 0 Å². The number of rotatable bonds is 6. The molecule has 0 aliphatic carbocycles. The van der Waals surface area contributed by atoms with Gasteiger partial charge in [-0.05, 0) is 43.6 Å². The van der Waals surface area contributed by atoms with Crippen molar-refractivity contribution in [2.24, 2.45) is 5.16 Å². The number of anilines is 1. The molecular formula is C26H29N5O2. The zero-order valence-electron chi connectivity index (χ0n) is 18.9. The van der Waals surface area contributed by atoms with Crippen LogP contribution in [0.1, 0.15) is 6.42 Å². The number of nitrogens with one attached hydrogen (secondary N) is 1. The predicted molar refractivity (Wildman–Crippen MR) is 131 cm³/mol. The number of hydrogen-bond acceptors (Lipinski definition) is 7. The largest absolute Gasteiger partial charge is 0.454 e. The van der Waals surface area contributed by atoms with Crippen LogP contribution in [0.15, 0.2) is 70.4 Å². The fourth-order valence-corrected chi connectivity index (χ4v) is 4.31. The summed E-state index contributed by atoms with van der Waals surface area (Å²) in [4.78, 5) is 9.45. The van der Waals surface area contributed by atoms with Crippen molar-refractivity contribution in [1.82, 2.24) is 14.8 Å². The number of nitrogens with zero attached hydrogens (tertiary/aromatic N) is 4. The summed E-state index contributed by atoms with van der Waals surface area (Å²) in [5, 5.41) is 20.0. The molecule has 0 bridgehead atoms. The molecule has 2 aromatic carbocycles. The van der Waals surface area contributed by atoms with Gasteiger partial charge >= 0.3 is 0 Å². The molecule has 170 valence electrons. The molecule has 0 unspecified atom stereocenters. The lowest BCUT2D eigenvalue weighted by molar-refractivity contribution is 0.154. The lowest BCUT2D eigenvalue weighted by Crippen LogP contribution is -2.44. The highest BCUT2D eigenvalue weighted by molar-refractivity contribution is 5.86. The lowest BCUT2D eigenvalue weighted by atomic mass is 10.1. The van der Waals surface area contributed by atoms with Crippen molar-refractivity contribution in [2.75, 3.05) is 51.6 Å². The molecule has 0 spiro atoms. The van der Waals surface area contributed by atoms with Crippen molar-refractivity contribution in [1.29, 1.82) is 0 Å². The second kappa shape index (κ2) is 9.60. The molecule has 4 aromatic rings. The van der Waals surface area contributed by atoms with E-state index >= 15 is 0 Å². The molecule has 1 fully saturated rings. The molecule has 3 heterocycles. The summed E-state index contributed by atoms with van der Waals surface area (Å²) < 4.78 is 6.20. The fraction of sp³-hybridized carbons (Fsp3) is 0.308. The Kier molecular flexibility index (Phi) is 6.24. The van der Waals surface area contributed by atoms with Gasteiger partial charge < -0.3 is 24.7 Å². The standard InChI is InChI=1S/C26H29N5O2/c1-30-11-13-31(14-12-30)10-4-9-27-21-7-8-22-23(29-32)17-26(33-25(22)16-21)24-15-19-5-2-3-6-20(19)18-28-24/h2-3,5-8,15-18,27,32H,4,9-14H2,1H3/b29-23+. The average molecular weight is 444 g/mol. The third-order valence-corrected chi connectivity index (χ3v) is 6.31. The molecule has 2 aromatic heterocycles. The monoisotopic (exact) mass is 443 g/mol. The second-order valence-corrected chi connectivity index (χ2v) is 8.65. The summed E-state index contributed by atoms with van der Waals surface area (Å²) in [5.41, 5.74) is 2.34. The lowest BCUT2D eigenvalue weighted by Gasteiger charge is -2.32. The quantitative estimate of drug-likeness (QED) is 0.267. The van der Waals surface area contributed by atoms with Crippen molar-refractivity contribution in [3.05, 3.63) is 66.2 Å². The Morgan fingerprint density at radius 1 is 1.03 bits per heavy atom. The van der Waals surface area contributed by atoms with Crippen LogP contribution < -0.4 is 10.7 Å². The topological polar surface area (TPSA) is 77.1 Å². The normalized spacial score (nSPS) is 16.0. The van der Waals surface area contributed by atoms with Crippen LogP contribution in [0.4, 0.5) is 5.69 Å². The van der Waals surface area contributed by atoms with Gasteiger partial charge in [0.05, 0.1) is 0 Å². The van der Waals surface area contributed by atoms with E-state index in [0.717, 1.165) is 67.5 Å². The number of likely N-dealkylation sites (N-methyl/N-ethyl adjacent to an activating group) is 1. The summed E-state index contributed by atoms with van der Waals surface area (Å²) >= 11 is 0. The third kappa shape index (κ3) is 4.84. The Hall–Kier alpha value is -3.42. The van der Waals surface area contributed by atoms with Gasteiger partial charge in [-0.2, -0.15) is 0 Å². The van der Waals surface area contributed by atoms with Gasteiger partial charge in [0, 0.05) is 67.5 Å². The van der Waals surface area contributed by atoms with Crippen molar-refractivity contribution in [2.45, 2.75) is 6.42 Å². The van der Waals surface area contributed by atoms with Crippen LogP contribution in [0.2, 0.25) is 0 Å². The predicted octanol–water partition coefficient (Wildman–Crippen LogP) is 3.99. The first-order chi connectivity index (χ1) is 16.2. The maximum atomic E-state index is 9.60. The Morgan fingerprint density at radius 2 is 1.85 bits per heavy atom. The van der Waals surface area contributed by atoms with E-state index in [9.17, 15) is 5.21 Å². The highest BCUT2D eigenvalue weighted by Gasteiger charge is 2.13. The Labute approximate surface area is 193 Å². The summed E-state index contributed by atoms with van der Waals surface area (Å²) in [6, 6.07) is 17.7. The summed E-state index contributed by atoms with van der Waals surface area (Å²) in [6.07, 6.45) is 2.91. The summed E-state index contributed by atoms with van der Waals surface area (Å²) in [6.45, 7) is 6.57. The first kappa shape index (κ1) is 21.4. The van der Waals surface area contributed by atoms with Crippen LogP contribution in [0, 0.1) is 0 Å². The first-order valence-corrected chi connectivity index (χ1v) is 11.5. The van der Waals surface area contributed by atoms with E-state index in [1.165, 1.54) is 0 Å². The number of piperazine rings is 1. The van der Waals surface area contributed by atoms with Crippen molar-refractivity contribution >= 4 is 27.4 Å². The van der Waals surface area contributed by atoms with Gasteiger partial charge in [0.25, 0.3) is 0 Å². The zero-order valence-corrected chi connectivity index (χ0v) is 18.9. The van der Waals surface area contributed by atoms with Crippen molar-refractivity contribution in [3.8, 4) is 11.5 Å². The van der Waals surface area contributed by atoms with Gasteiger partial charge in [0.15, 0.2) is 5.76 Å². The molecule has 0 amide bonds. The number of benzene rings is 2. The Balaban J connectivity index is 1.34. The van der Waals surface area contributed by atoms with Gasteiger partial charge in [0.2, 0.25) is 0 Å². The molecule has 0 saturated carbocycles. The number of aromatic nitrogens is 1. The van der Waals surface area contributed by atoms with Crippen molar-refractivity contribution in [3.63, 3.8) is 0 Å². The minimum atomic E-state index is 0.461. The van der Waals surface area contributed by atoms with E-state index in [0.29, 0.717) is 22.4 Å². The maximum Gasteiger partial charge on any atom is 0.155 e. The summed E-state index contributed by atoms with van der Waals surface area (Å²) in [7, 11) is 2.18. The molecule has 33 heavy (non-hydrogen) atoms. The highest BCUT2D eigenvalue weighted by atomic mass is 16.4. The van der Waals surface area contributed by atoms with Crippen LogP contribution in [-0.2, 0) is 0 Å². The number of fused-ring (bicyclic) bond motifs is 2. The van der Waals surface area contributed by atoms with E-state index in [2.05, 4.69) is 32.3 Å². The van der Waals surface area contributed by atoms with Crippen LogP contribution in [0.25, 0.3) is 33.2 Å². The molecule has 0 atom stereocenters. The van der Waals surface area contributed by atoms with Gasteiger partial charge in [-0.15, -0.1) is 0 Å². The molecule has 1 saturated heterocycles. The second-order valence-electron chi connectivity index (χ2n) is 8.65. The Bertz CT molecular complexity index is 1330. The van der Waals surface area contributed by atoms with Crippen LogP contribution >= 0.6 is 0 Å². The smallest absolute Gasteiger partial charge is 0.155 e. The van der Waals surface area contributed by atoms with E-state index in [1.807, 2.05) is 54.7 Å². The molecule has 5 rings (SSSR count). The van der Waals surface area contributed by atoms with Crippen LogP contribution in [0.3, 0.4) is 0 Å². The van der Waals surface area contributed by atoms with E-state index in [-0.39, 0.29) is 0 Å². The molecule has 2 N–H and O–H groups in total. The first-order valence-electron chi connectivity index (χ1n) is 11.5. The average Bonchev–Trinajstić information content (AvgIpc) is 2.86. The highest BCUT2D eigenvalue weighted by Crippen LogP contribution is 2.25.